The lowest BCUT2D eigenvalue weighted by Gasteiger charge is -2.11. The number of nitrogens with one attached hydrogen (secondary N) is 3. The molecule has 0 aliphatic carbocycles. The first-order valence-corrected chi connectivity index (χ1v) is 10.5. The van der Waals surface area contributed by atoms with Crippen LogP contribution in [0.25, 0.3) is 0 Å². The van der Waals surface area contributed by atoms with Crippen LogP contribution in [0.15, 0.2) is 54.6 Å². The molecule has 0 bridgehead atoms. The summed E-state index contributed by atoms with van der Waals surface area (Å²) in [4.78, 5) is 40.8. The van der Waals surface area contributed by atoms with Crippen molar-refractivity contribution in [3.8, 4) is 0 Å². The second kappa shape index (κ2) is 10.4. The smallest absolute Gasteiger partial charge is 0.340 e. The maximum absolute atomic E-state index is 12.9. The van der Waals surface area contributed by atoms with E-state index in [1.54, 1.807) is 45.0 Å². The molecule has 0 unspecified atom stereocenters. The van der Waals surface area contributed by atoms with Gasteiger partial charge < -0.3 is 20.4 Å². The summed E-state index contributed by atoms with van der Waals surface area (Å²) in [6.45, 7) is 5.85. The number of hydrogen-bond acceptors (Lipinski definition) is 4. The van der Waals surface area contributed by atoms with Gasteiger partial charge in [0.05, 0.1) is 23.4 Å². The summed E-state index contributed by atoms with van der Waals surface area (Å²) in [5.41, 5.74) is 3.54. The Morgan fingerprint density at radius 1 is 0.938 bits per heavy atom. The third-order valence-corrected chi connectivity index (χ3v) is 5.11. The Bertz CT molecular complexity index is 1120. The molecule has 2 amide bonds. The number of ether oxygens (including phenoxy) is 1. The van der Waals surface area contributed by atoms with E-state index in [4.69, 9.17) is 4.74 Å². The Balaban J connectivity index is 1.72. The van der Waals surface area contributed by atoms with Crippen molar-refractivity contribution in [1.29, 1.82) is 0 Å². The van der Waals surface area contributed by atoms with Crippen molar-refractivity contribution < 1.29 is 19.1 Å². The molecule has 166 valence electrons. The highest BCUT2D eigenvalue weighted by Gasteiger charge is 2.23. The summed E-state index contributed by atoms with van der Waals surface area (Å²) < 4.78 is 5.08. The minimum Gasteiger partial charge on any atom is -0.462 e. The standard InChI is InChI=1S/C25H27N3O4/c1-4-32-25(31)21-16(2)22(27-17(21)3)24(30)28-20-13-9-8-12-19(20)23(29)26-15-14-18-10-6-5-7-11-18/h5-13,27H,4,14-15H2,1-3H3,(H,26,29)(H,28,30). The van der Waals surface area contributed by atoms with E-state index in [1.807, 2.05) is 30.3 Å². The lowest BCUT2D eigenvalue weighted by atomic mass is 10.1. The van der Waals surface area contributed by atoms with Crippen molar-refractivity contribution in [3.05, 3.63) is 88.2 Å². The van der Waals surface area contributed by atoms with Crippen LogP contribution >= 0.6 is 0 Å². The molecule has 0 saturated carbocycles. The van der Waals surface area contributed by atoms with E-state index < -0.39 is 11.9 Å². The Morgan fingerprint density at radius 2 is 1.62 bits per heavy atom. The maximum Gasteiger partial charge on any atom is 0.340 e. The zero-order chi connectivity index (χ0) is 23.1. The van der Waals surface area contributed by atoms with E-state index >= 15 is 0 Å². The van der Waals surface area contributed by atoms with Gasteiger partial charge in [-0.15, -0.1) is 0 Å². The lowest BCUT2D eigenvalue weighted by molar-refractivity contribution is 0.0524. The van der Waals surface area contributed by atoms with Crippen molar-refractivity contribution in [2.45, 2.75) is 27.2 Å². The third-order valence-electron chi connectivity index (χ3n) is 5.11. The summed E-state index contributed by atoms with van der Waals surface area (Å²) in [7, 11) is 0. The van der Waals surface area contributed by atoms with Crippen molar-refractivity contribution in [2.75, 3.05) is 18.5 Å². The Hall–Kier alpha value is -3.87. The SMILES string of the molecule is CCOC(=O)c1c(C)[nH]c(C(=O)Nc2ccccc2C(=O)NCCc2ccccc2)c1C. The van der Waals surface area contributed by atoms with Gasteiger partial charge in [-0.1, -0.05) is 42.5 Å². The molecule has 0 atom stereocenters. The molecule has 7 nitrogen and oxygen atoms in total. The van der Waals surface area contributed by atoms with Gasteiger partial charge >= 0.3 is 5.97 Å². The summed E-state index contributed by atoms with van der Waals surface area (Å²) >= 11 is 0. The van der Waals surface area contributed by atoms with Gasteiger partial charge in [-0.3, -0.25) is 9.59 Å². The van der Waals surface area contributed by atoms with Crippen LogP contribution in [-0.2, 0) is 11.2 Å². The van der Waals surface area contributed by atoms with E-state index in [-0.39, 0.29) is 18.2 Å². The zero-order valence-corrected chi connectivity index (χ0v) is 18.5. The highest BCUT2D eigenvalue weighted by molar-refractivity contribution is 6.10. The number of hydrogen-bond donors (Lipinski definition) is 3. The van der Waals surface area contributed by atoms with Gasteiger partial charge in [-0.25, -0.2) is 4.79 Å². The van der Waals surface area contributed by atoms with E-state index in [0.29, 0.717) is 41.0 Å². The number of benzene rings is 2. The predicted octanol–water partition coefficient (Wildman–Crippen LogP) is 4.03. The molecule has 3 aromatic rings. The lowest BCUT2D eigenvalue weighted by Crippen LogP contribution is -2.27. The number of para-hydroxylation sites is 1. The molecular weight excluding hydrogens is 406 g/mol. The summed E-state index contributed by atoms with van der Waals surface area (Å²) in [6.07, 6.45) is 0.707. The maximum atomic E-state index is 12.9. The molecule has 0 aliphatic rings. The summed E-state index contributed by atoms with van der Waals surface area (Å²) in [6, 6.07) is 16.7. The number of amides is 2. The van der Waals surface area contributed by atoms with Crippen LogP contribution in [0.2, 0.25) is 0 Å². The van der Waals surface area contributed by atoms with Crippen LogP contribution in [0.4, 0.5) is 5.69 Å². The number of aryl methyl sites for hydroxylation is 1. The molecule has 7 heteroatoms. The Labute approximate surface area is 187 Å². The first-order chi connectivity index (χ1) is 15.4. The van der Waals surface area contributed by atoms with Gasteiger partial charge in [0.1, 0.15) is 5.69 Å². The van der Waals surface area contributed by atoms with E-state index in [1.165, 1.54) is 0 Å². The Morgan fingerprint density at radius 3 is 2.34 bits per heavy atom. The minimum absolute atomic E-state index is 0.247. The largest absolute Gasteiger partial charge is 0.462 e. The van der Waals surface area contributed by atoms with Crippen LogP contribution in [0.1, 0.15) is 54.9 Å². The zero-order valence-electron chi connectivity index (χ0n) is 18.5. The van der Waals surface area contributed by atoms with Gasteiger partial charge in [0, 0.05) is 12.2 Å². The summed E-state index contributed by atoms with van der Waals surface area (Å²) in [5.74, 6) is -1.19. The van der Waals surface area contributed by atoms with Gasteiger partial charge in [-0.05, 0) is 50.5 Å². The van der Waals surface area contributed by atoms with E-state index in [2.05, 4.69) is 15.6 Å². The normalized spacial score (nSPS) is 10.5. The van der Waals surface area contributed by atoms with Crippen molar-refractivity contribution in [3.63, 3.8) is 0 Å². The summed E-state index contributed by atoms with van der Waals surface area (Å²) in [5, 5.41) is 5.68. The van der Waals surface area contributed by atoms with Gasteiger partial charge in [-0.2, -0.15) is 0 Å². The molecule has 2 aromatic carbocycles. The first-order valence-electron chi connectivity index (χ1n) is 10.5. The van der Waals surface area contributed by atoms with Crippen molar-refractivity contribution in [2.24, 2.45) is 0 Å². The number of anilines is 1. The highest BCUT2D eigenvalue weighted by atomic mass is 16.5. The topological polar surface area (TPSA) is 100 Å². The monoisotopic (exact) mass is 433 g/mol. The quantitative estimate of drug-likeness (QED) is 0.467. The second-order valence-corrected chi connectivity index (χ2v) is 7.34. The van der Waals surface area contributed by atoms with Crippen LogP contribution in [0.3, 0.4) is 0 Å². The van der Waals surface area contributed by atoms with Crippen molar-refractivity contribution >= 4 is 23.5 Å². The van der Waals surface area contributed by atoms with Crippen molar-refractivity contribution in [1.82, 2.24) is 10.3 Å². The molecule has 3 N–H and O–H groups in total. The molecule has 0 aliphatic heterocycles. The molecule has 0 fully saturated rings. The molecule has 0 radical (unpaired) electrons. The number of rotatable bonds is 8. The van der Waals surface area contributed by atoms with Gasteiger partial charge in [0.2, 0.25) is 0 Å². The van der Waals surface area contributed by atoms with E-state index in [9.17, 15) is 14.4 Å². The highest BCUT2D eigenvalue weighted by Crippen LogP contribution is 2.22. The molecule has 32 heavy (non-hydrogen) atoms. The number of esters is 1. The average Bonchev–Trinajstić information content (AvgIpc) is 3.09. The van der Waals surface area contributed by atoms with E-state index in [0.717, 1.165) is 5.56 Å². The average molecular weight is 434 g/mol. The first kappa shape index (κ1) is 22.8. The predicted molar refractivity (Wildman–Crippen MR) is 123 cm³/mol. The van der Waals surface area contributed by atoms with Gasteiger partial charge in [0.25, 0.3) is 11.8 Å². The number of aromatic nitrogens is 1. The van der Waals surface area contributed by atoms with Crippen LogP contribution in [0, 0.1) is 13.8 Å². The molecule has 1 aromatic heterocycles. The third kappa shape index (κ3) is 5.24. The molecule has 0 spiro atoms. The molecule has 0 saturated heterocycles. The molecular formula is C25H27N3O4. The number of H-pyrrole nitrogens is 1. The minimum atomic E-state index is -0.476. The van der Waals surface area contributed by atoms with Gasteiger partial charge in [0.15, 0.2) is 0 Å². The Kier molecular flexibility index (Phi) is 7.44. The van der Waals surface area contributed by atoms with Crippen LogP contribution in [-0.4, -0.2) is 35.9 Å². The number of carbonyl (C=O) groups is 3. The fourth-order valence-corrected chi connectivity index (χ4v) is 3.52. The second-order valence-electron chi connectivity index (χ2n) is 7.34. The number of aromatic amines is 1. The molecule has 1 heterocycles. The number of carbonyl (C=O) groups excluding carboxylic acids is 3. The fraction of sp³-hybridized carbons (Fsp3) is 0.240. The van der Waals surface area contributed by atoms with Crippen LogP contribution < -0.4 is 10.6 Å². The molecule has 3 rings (SSSR count). The van der Waals surface area contributed by atoms with Crippen LogP contribution in [0.5, 0.6) is 0 Å². The fourth-order valence-electron chi connectivity index (χ4n) is 3.52.